The van der Waals surface area contributed by atoms with Crippen molar-refractivity contribution < 1.29 is 14.3 Å². The first-order valence-corrected chi connectivity index (χ1v) is 4.28. The van der Waals surface area contributed by atoms with Gasteiger partial charge < -0.3 is 16.2 Å². The number of ether oxygens (including phenoxy) is 1. The van der Waals surface area contributed by atoms with Crippen molar-refractivity contribution in [3.63, 3.8) is 0 Å². The van der Waals surface area contributed by atoms with Crippen molar-refractivity contribution in [3.8, 4) is 0 Å². The molecule has 5 heteroatoms. The lowest BCUT2D eigenvalue weighted by Gasteiger charge is -2.08. The van der Waals surface area contributed by atoms with E-state index in [1.165, 1.54) is 0 Å². The standard InChI is InChI=1S/C8H16N2O3/c1-2-3-4-13-8(12)6(9)5-7(10)11/h6H,2-5,9H2,1H3,(H2,10,11). The normalized spacial score (nSPS) is 12.2. The minimum absolute atomic E-state index is 0.162. The van der Waals surface area contributed by atoms with E-state index in [1.54, 1.807) is 0 Å². The zero-order chi connectivity index (χ0) is 10.3. The zero-order valence-corrected chi connectivity index (χ0v) is 7.79. The number of carbonyl (C=O) groups excluding carboxylic acids is 2. The van der Waals surface area contributed by atoms with Crippen molar-refractivity contribution in [1.82, 2.24) is 0 Å². The Hall–Kier alpha value is -1.10. The average Bonchev–Trinajstić information content (AvgIpc) is 2.03. The summed E-state index contributed by atoms with van der Waals surface area (Å²) in [4.78, 5) is 21.4. The predicted octanol–water partition coefficient (Wildman–Crippen LogP) is -0.468. The second-order valence-corrected chi connectivity index (χ2v) is 2.80. The summed E-state index contributed by atoms with van der Waals surface area (Å²) in [5.41, 5.74) is 10.2. The second kappa shape index (κ2) is 6.42. The number of esters is 1. The van der Waals surface area contributed by atoms with E-state index in [9.17, 15) is 9.59 Å². The Morgan fingerprint density at radius 1 is 1.46 bits per heavy atom. The van der Waals surface area contributed by atoms with Gasteiger partial charge in [-0.1, -0.05) is 13.3 Å². The maximum atomic E-state index is 11.0. The van der Waals surface area contributed by atoms with Crippen LogP contribution in [0, 0.1) is 0 Å². The Labute approximate surface area is 77.4 Å². The summed E-state index contributed by atoms with van der Waals surface area (Å²) in [5.74, 6) is -1.16. The van der Waals surface area contributed by atoms with Crippen LogP contribution in [0.3, 0.4) is 0 Å². The van der Waals surface area contributed by atoms with Gasteiger partial charge in [-0.25, -0.2) is 0 Å². The third-order valence-corrected chi connectivity index (χ3v) is 1.47. The van der Waals surface area contributed by atoms with Crippen molar-refractivity contribution in [2.75, 3.05) is 6.61 Å². The first-order valence-electron chi connectivity index (χ1n) is 4.28. The van der Waals surface area contributed by atoms with Gasteiger partial charge in [0.1, 0.15) is 6.04 Å². The summed E-state index contributed by atoms with van der Waals surface area (Å²) in [5, 5.41) is 0. The summed E-state index contributed by atoms with van der Waals surface area (Å²) < 4.78 is 4.77. The fraction of sp³-hybridized carbons (Fsp3) is 0.750. The van der Waals surface area contributed by atoms with Gasteiger partial charge >= 0.3 is 5.97 Å². The van der Waals surface area contributed by atoms with Gasteiger partial charge in [-0.05, 0) is 6.42 Å². The third kappa shape index (κ3) is 6.10. The van der Waals surface area contributed by atoms with E-state index in [1.807, 2.05) is 6.92 Å². The number of carbonyl (C=O) groups is 2. The summed E-state index contributed by atoms with van der Waals surface area (Å²) >= 11 is 0. The van der Waals surface area contributed by atoms with Crippen LogP contribution in [0.25, 0.3) is 0 Å². The number of amides is 1. The molecule has 76 valence electrons. The molecule has 1 amide bonds. The molecular formula is C8H16N2O3. The van der Waals surface area contributed by atoms with Gasteiger partial charge in [-0.15, -0.1) is 0 Å². The maximum absolute atomic E-state index is 11.0. The molecule has 5 nitrogen and oxygen atoms in total. The van der Waals surface area contributed by atoms with Crippen molar-refractivity contribution in [2.45, 2.75) is 32.2 Å². The molecular weight excluding hydrogens is 172 g/mol. The van der Waals surface area contributed by atoms with Crippen molar-refractivity contribution in [3.05, 3.63) is 0 Å². The van der Waals surface area contributed by atoms with E-state index in [2.05, 4.69) is 0 Å². The number of rotatable bonds is 6. The van der Waals surface area contributed by atoms with Gasteiger partial charge in [0.15, 0.2) is 0 Å². The van der Waals surface area contributed by atoms with Crippen molar-refractivity contribution in [2.24, 2.45) is 11.5 Å². The highest BCUT2D eigenvalue weighted by atomic mass is 16.5. The van der Waals surface area contributed by atoms with Gasteiger partial charge in [-0.2, -0.15) is 0 Å². The molecule has 0 aliphatic rings. The first-order chi connectivity index (χ1) is 6.07. The largest absolute Gasteiger partial charge is 0.465 e. The molecule has 13 heavy (non-hydrogen) atoms. The number of hydrogen-bond acceptors (Lipinski definition) is 4. The number of unbranched alkanes of at least 4 members (excludes halogenated alkanes) is 1. The Bertz CT molecular complexity index is 182. The fourth-order valence-electron chi connectivity index (χ4n) is 0.724. The van der Waals surface area contributed by atoms with Crippen LogP contribution in [-0.2, 0) is 14.3 Å². The highest BCUT2D eigenvalue weighted by molar-refractivity contribution is 5.84. The highest BCUT2D eigenvalue weighted by Gasteiger charge is 2.16. The summed E-state index contributed by atoms with van der Waals surface area (Å²) in [6.07, 6.45) is 1.58. The van der Waals surface area contributed by atoms with Crippen LogP contribution in [0.1, 0.15) is 26.2 Å². The van der Waals surface area contributed by atoms with Crippen LogP contribution < -0.4 is 11.5 Å². The summed E-state index contributed by atoms with van der Waals surface area (Å²) in [6, 6.07) is -0.922. The minimum Gasteiger partial charge on any atom is -0.465 e. The molecule has 0 bridgehead atoms. The molecule has 0 aliphatic heterocycles. The molecule has 0 aromatic carbocycles. The molecule has 0 aliphatic carbocycles. The lowest BCUT2D eigenvalue weighted by molar-refractivity contribution is -0.146. The van der Waals surface area contributed by atoms with Gasteiger partial charge in [0.25, 0.3) is 0 Å². The summed E-state index contributed by atoms with van der Waals surface area (Å²) in [7, 11) is 0. The van der Waals surface area contributed by atoms with Gasteiger partial charge in [0.05, 0.1) is 13.0 Å². The van der Waals surface area contributed by atoms with E-state index in [-0.39, 0.29) is 6.42 Å². The van der Waals surface area contributed by atoms with Crippen LogP contribution in [0.5, 0.6) is 0 Å². The van der Waals surface area contributed by atoms with Crippen molar-refractivity contribution in [1.29, 1.82) is 0 Å². The SMILES string of the molecule is CCCCOC(=O)C(N)CC(N)=O. The van der Waals surface area contributed by atoms with E-state index in [4.69, 9.17) is 16.2 Å². The molecule has 0 spiro atoms. The Morgan fingerprint density at radius 3 is 2.54 bits per heavy atom. The van der Waals surface area contributed by atoms with Crippen LogP contribution >= 0.6 is 0 Å². The molecule has 1 atom stereocenters. The van der Waals surface area contributed by atoms with Gasteiger partial charge in [0, 0.05) is 0 Å². The average molecular weight is 188 g/mol. The number of hydrogen-bond donors (Lipinski definition) is 2. The third-order valence-electron chi connectivity index (χ3n) is 1.47. The Kier molecular flexibility index (Phi) is 5.88. The smallest absolute Gasteiger partial charge is 0.323 e. The van der Waals surface area contributed by atoms with Crippen LogP contribution in [0.15, 0.2) is 0 Å². The zero-order valence-electron chi connectivity index (χ0n) is 7.79. The molecule has 1 unspecified atom stereocenters. The van der Waals surface area contributed by atoms with E-state index >= 15 is 0 Å². The van der Waals surface area contributed by atoms with Gasteiger partial charge in [0.2, 0.25) is 5.91 Å². The van der Waals surface area contributed by atoms with Crippen LogP contribution in [0.4, 0.5) is 0 Å². The van der Waals surface area contributed by atoms with E-state index in [0.29, 0.717) is 6.61 Å². The highest BCUT2D eigenvalue weighted by Crippen LogP contribution is 1.94. The molecule has 0 radical (unpaired) electrons. The van der Waals surface area contributed by atoms with Crippen LogP contribution in [-0.4, -0.2) is 24.5 Å². The quantitative estimate of drug-likeness (QED) is 0.435. The Morgan fingerprint density at radius 2 is 2.08 bits per heavy atom. The maximum Gasteiger partial charge on any atom is 0.323 e. The Balaban J connectivity index is 3.63. The first kappa shape index (κ1) is 11.9. The fourth-order valence-corrected chi connectivity index (χ4v) is 0.724. The molecule has 0 saturated heterocycles. The van der Waals surface area contributed by atoms with E-state index < -0.39 is 17.9 Å². The molecule has 0 aromatic rings. The van der Waals surface area contributed by atoms with Crippen molar-refractivity contribution >= 4 is 11.9 Å². The van der Waals surface area contributed by atoms with Crippen LogP contribution in [0.2, 0.25) is 0 Å². The molecule has 0 saturated carbocycles. The number of primary amides is 1. The molecule has 4 N–H and O–H groups in total. The number of nitrogens with two attached hydrogens (primary N) is 2. The minimum atomic E-state index is -0.922. The molecule has 0 heterocycles. The predicted molar refractivity (Wildman–Crippen MR) is 47.7 cm³/mol. The molecule has 0 rings (SSSR count). The summed E-state index contributed by atoms with van der Waals surface area (Å²) in [6.45, 7) is 2.33. The lowest BCUT2D eigenvalue weighted by atomic mass is 10.2. The van der Waals surface area contributed by atoms with Gasteiger partial charge in [-0.3, -0.25) is 9.59 Å². The van der Waals surface area contributed by atoms with E-state index in [0.717, 1.165) is 12.8 Å². The second-order valence-electron chi connectivity index (χ2n) is 2.80. The topological polar surface area (TPSA) is 95.4 Å². The molecule has 0 aromatic heterocycles. The monoisotopic (exact) mass is 188 g/mol. The molecule has 0 fully saturated rings. The lowest BCUT2D eigenvalue weighted by Crippen LogP contribution is -2.36.